The highest BCUT2D eigenvalue weighted by atomic mass is 19.1. The van der Waals surface area contributed by atoms with E-state index >= 15 is 0 Å². The first-order valence-electron chi connectivity index (χ1n) is 9.46. The Morgan fingerprint density at radius 3 is 2.48 bits per heavy atom. The molecular formula is C21H24FN3O2. The Morgan fingerprint density at radius 2 is 1.78 bits per heavy atom. The lowest BCUT2D eigenvalue weighted by molar-refractivity contribution is -0.130. The van der Waals surface area contributed by atoms with Crippen molar-refractivity contribution in [1.82, 2.24) is 15.8 Å². The number of fused-ring (bicyclic) bond motifs is 1. The van der Waals surface area contributed by atoms with Crippen LogP contribution in [0.1, 0.15) is 43.0 Å². The van der Waals surface area contributed by atoms with Gasteiger partial charge in [0.25, 0.3) is 0 Å². The van der Waals surface area contributed by atoms with Gasteiger partial charge >= 0.3 is 0 Å². The summed E-state index contributed by atoms with van der Waals surface area (Å²) in [6, 6.07) is 12.8. The predicted octanol–water partition coefficient (Wildman–Crippen LogP) is 3.05. The highest BCUT2D eigenvalue weighted by Crippen LogP contribution is 2.48. The number of halogens is 1. The summed E-state index contributed by atoms with van der Waals surface area (Å²) in [5.74, 6) is -0.143. The van der Waals surface area contributed by atoms with Crippen molar-refractivity contribution in [3.63, 3.8) is 0 Å². The number of carbonyl (C=O) groups is 1. The third-order valence-corrected chi connectivity index (χ3v) is 5.65. The van der Waals surface area contributed by atoms with E-state index in [4.69, 9.17) is 0 Å². The molecule has 0 spiro atoms. The minimum Gasteiger partial charge on any atom is -0.508 e. The quantitative estimate of drug-likeness (QED) is 0.758. The number of hydrazine groups is 1. The highest BCUT2D eigenvalue weighted by molar-refractivity contribution is 5.86. The van der Waals surface area contributed by atoms with Gasteiger partial charge in [0.1, 0.15) is 17.6 Å². The van der Waals surface area contributed by atoms with Crippen molar-refractivity contribution >= 4 is 5.91 Å². The van der Waals surface area contributed by atoms with Crippen molar-refractivity contribution in [3.8, 4) is 5.75 Å². The second-order valence-corrected chi connectivity index (χ2v) is 7.26. The molecule has 0 aliphatic carbocycles. The monoisotopic (exact) mass is 369 g/mol. The van der Waals surface area contributed by atoms with Gasteiger partial charge in [0.2, 0.25) is 5.91 Å². The number of hydrogen-bond acceptors (Lipinski definition) is 4. The SMILES string of the molecule is CCCCN1C(=O)C2NNC(c3ccccc3O)C2C1c1ccc(F)cc1. The second-order valence-electron chi connectivity index (χ2n) is 7.26. The molecular weight excluding hydrogens is 345 g/mol. The number of unbranched alkanes of at least 4 members (excludes halogenated alkanes) is 1. The van der Waals surface area contributed by atoms with Crippen molar-refractivity contribution < 1.29 is 14.3 Å². The van der Waals surface area contributed by atoms with Crippen LogP contribution in [0, 0.1) is 11.7 Å². The summed E-state index contributed by atoms with van der Waals surface area (Å²) in [4.78, 5) is 15.0. The molecule has 5 nitrogen and oxygen atoms in total. The molecule has 2 aliphatic rings. The molecule has 0 saturated carbocycles. The van der Waals surface area contributed by atoms with Crippen LogP contribution in [0.25, 0.3) is 0 Å². The van der Waals surface area contributed by atoms with E-state index in [2.05, 4.69) is 17.8 Å². The van der Waals surface area contributed by atoms with Gasteiger partial charge in [0.15, 0.2) is 0 Å². The molecule has 3 N–H and O–H groups in total. The molecule has 2 aromatic carbocycles. The van der Waals surface area contributed by atoms with Crippen molar-refractivity contribution in [2.75, 3.05) is 6.54 Å². The number of hydrogen-bond donors (Lipinski definition) is 3. The van der Waals surface area contributed by atoms with Crippen LogP contribution in [0.4, 0.5) is 4.39 Å². The number of carbonyl (C=O) groups excluding carboxylic acids is 1. The van der Waals surface area contributed by atoms with E-state index in [0.29, 0.717) is 6.54 Å². The highest BCUT2D eigenvalue weighted by Gasteiger charge is 2.55. The first kappa shape index (κ1) is 17.9. The largest absolute Gasteiger partial charge is 0.508 e. The van der Waals surface area contributed by atoms with Gasteiger partial charge in [-0.2, -0.15) is 0 Å². The maximum absolute atomic E-state index is 13.5. The van der Waals surface area contributed by atoms with Crippen molar-refractivity contribution in [3.05, 3.63) is 65.5 Å². The lowest BCUT2D eigenvalue weighted by Gasteiger charge is -2.31. The first-order chi connectivity index (χ1) is 13.1. The van der Waals surface area contributed by atoms with Gasteiger partial charge in [-0.15, -0.1) is 0 Å². The number of phenolic OH excluding ortho intramolecular Hbond substituents is 1. The van der Waals surface area contributed by atoms with E-state index in [1.54, 1.807) is 24.3 Å². The number of phenols is 1. The van der Waals surface area contributed by atoms with Crippen LogP contribution in [-0.2, 0) is 4.79 Å². The standard InChI is InChI=1S/C21H24FN3O2/c1-2-3-12-25-20(13-8-10-14(22)11-9-13)17-18(23-24-19(17)21(25)27)15-6-4-5-7-16(15)26/h4-11,17-20,23-24,26H,2-3,12H2,1H3. The lowest BCUT2D eigenvalue weighted by Crippen LogP contribution is -2.41. The number of benzene rings is 2. The molecule has 4 rings (SSSR count). The average Bonchev–Trinajstić information content (AvgIpc) is 3.21. The summed E-state index contributed by atoms with van der Waals surface area (Å²) in [6.45, 7) is 2.76. The van der Waals surface area contributed by atoms with Crippen LogP contribution in [0.2, 0.25) is 0 Å². The summed E-state index contributed by atoms with van der Waals surface area (Å²) >= 11 is 0. The van der Waals surface area contributed by atoms with Crippen LogP contribution >= 0.6 is 0 Å². The third kappa shape index (κ3) is 3.09. The molecule has 2 heterocycles. The Hall–Kier alpha value is -2.44. The molecule has 0 bridgehead atoms. The van der Waals surface area contributed by atoms with Crippen LogP contribution in [0.5, 0.6) is 5.75 Å². The molecule has 6 heteroatoms. The Balaban J connectivity index is 1.76. The minimum atomic E-state index is -0.374. The number of aromatic hydroxyl groups is 1. The molecule has 4 unspecified atom stereocenters. The Labute approximate surface area is 158 Å². The van der Waals surface area contributed by atoms with Gasteiger partial charge in [-0.25, -0.2) is 15.2 Å². The minimum absolute atomic E-state index is 0.0493. The van der Waals surface area contributed by atoms with E-state index < -0.39 is 0 Å². The van der Waals surface area contributed by atoms with E-state index in [1.165, 1.54) is 12.1 Å². The number of likely N-dealkylation sites (tertiary alicyclic amines) is 1. The van der Waals surface area contributed by atoms with Crippen molar-refractivity contribution in [1.29, 1.82) is 0 Å². The Kier molecular flexibility index (Phi) is 4.85. The summed E-state index contributed by atoms with van der Waals surface area (Å²) in [6.07, 6.45) is 1.90. The topological polar surface area (TPSA) is 64.6 Å². The van der Waals surface area contributed by atoms with E-state index in [9.17, 15) is 14.3 Å². The fourth-order valence-electron chi connectivity index (χ4n) is 4.35. The summed E-state index contributed by atoms with van der Waals surface area (Å²) in [7, 11) is 0. The predicted molar refractivity (Wildman–Crippen MR) is 100 cm³/mol. The number of rotatable bonds is 5. The third-order valence-electron chi connectivity index (χ3n) is 5.65. The number of para-hydroxylation sites is 1. The number of nitrogens with one attached hydrogen (secondary N) is 2. The van der Waals surface area contributed by atoms with Crippen molar-refractivity contribution in [2.45, 2.75) is 37.9 Å². The summed E-state index contributed by atoms with van der Waals surface area (Å²) < 4.78 is 13.5. The normalized spacial score (nSPS) is 27.2. The molecule has 2 aromatic rings. The fraction of sp³-hybridized carbons (Fsp3) is 0.381. The van der Waals surface area contributed by atoms with Crippen LogP contribution in [-0.4, -0.2) is 28.5 Å². The molecule has 2 saturated heterocycles. The van der Waals surface area contributed by atoms with E-state index in [-0.39, 0.29) is 41.5 Å². The van der Waals surface area contributed by atoms with Crippen LogP contribution in [0.3, 0.4) is 0 Å². The summed E-state index contributed by atoms with van der Waals surface area (Å²) in [5, 5.41) is 10.3. The zero-order valence-corrected chi connectivity index (χ0v) is 15.2. The Bertz CT molecular complexity index is 826. The molecule has 0 radical (unpaired) electrons. The van der Waals surface area contributed by atoms with Crippen molar-refractivity contribution in [2.24, 2.45) is 5.92 Å². The molecule has 142 valence electrons. The maximum Gasteiger partial charge on any atom is 0.242 e. The molecule has 2 fully saturated rings. The molecule has 27 heavy (non-hydrogen) atoms. The molecule has 1 amide bonds. The van der Waals surface area contributed by atoms with E-state index in [0.717, 1.165) is 24.0 Å². The first-order valence-corrected chi connectivity index (χ1v) is 9.46. The van der Waals surface area contributed by atoms with Gasteiger partial charge in [-0.1, -0.05) is 43.7 Å². The van der Waals surface area contributed by atoms with E-state index in [1.807, 2.05) is 17.0 Å². The van der Waals surface area contributed by atoms with Gasteiger partial charge < -0.3 is 10.0 Å². The lowest BCUT2D eigenvalue weighted by atomic mass is 9.83. The fourth-order valence-corrected chi connectivity index (χ4v) is 4.35. The average molecular weight is 369 g/mol. The van der Waals surface area contributed by atoms with Gasteiger partial charge in [0.05, 0.1) is 12.1 Å². The molecule has 4 atom stereocenters. The van der Waals surface area contributed by atoms with Gasteiger partial charge in [-0.05, 0) is 30.2 Å². The zero-order valence-electron chi connectivity index (χ0n) is 15.2. The molecule has 2 aliphatic heterocycles. The Morgan fingerprint density at radius 1 is 1.07 bits per heavy atom. The van der Waals surface area contributed by atoms with Gasteiger partial charge in [-0.3, -0.25) is 4.79 Å². The second kappa shape index (κ2) is 7.29. The number of nitrogens with zero attached hydrogens (tertiary/aromatic N) is 1. The van der Waals surface area contributed by atoms with Crippen LogP contribution < -0.4 is 10.9 Å². The zero-order chi connectivity index (χ0) is 19.0. The maximum atomic E-state index is 13.5. The smallest absolute Gasteiger partial charge is 0.242 e. The van der Waals surface area contributed by atoms with Gasteiger partial charge in [0, 0.05) is 18.0 Å². The van der Waals surface area contributed by atoms with Crippen LogP contribution in [0.15, 0.2) is 48.5 Å². The molecule has 0 aromatic heterocycles. The summed E-state index contributed by atoms with van der Waals surface area (Å²) in [5.41, 5.74) is 8.01. The number of amides is 1.